The quantitative estimate of drug-likeness (QED) is 0.884. The smallest absolute Gasteiger partial charge is 0.147 e. The van der Waals surface area contributed by atoms with E-state index in [-0.39, 0.29) is 6.04 Å². The molecule has 1 unspecified atom stereocenters. The minimum atomic E-state index is -0.0316. The van der Waals surface area contributed by atoms with Crippen LogP contribution >= 0.6 is 23.2 Å². The Hall–Kier alpha value is -1.39. The second kappa shape index (κ2) is 5.50. The van der Waals surface area contributed by atoms with Crippen molar-refractivity contribution < 1.29 is 4.42 Å². The largest absolute Gasteiger partial charge is 0.467 e. The maximum absolute atomic E-state index is 6.10. The van der Waals surface area contributed by atoms with E-state index in [1.165, 1.54) is 0 Å². The Bertz CT molecular complexity index is 528. The van der Waals surface area contributed by atoms with Crippen LogP contribution in [-0.2, 0) is 0 Å². The van der Waals surface area contributed by atoms with Crippen LogP contribution in [0.4, 0.5) is 11.6 Å². The van der Waals surface area contributed by atoms with E-state index in [0.717, 1.165) is 5.76 Å². The molecule has 2 N–H and O–H groups in total. The van der Waals surface area contributed by atoms with Gasteiger partial charge in [-0.25, -0.2) is 4.98 Å². The Labute approximate surface area is 115 Å². The SMILES string of the molecule is CNc1nc(NC(C)c2ccco2)c(Cl)cc1Cl. The summed E-state index contributed by atoms with van der Waals surface area (Å²) in [4.78, 5) is 4.31. The maximum Gasteiger partial charge on any atom is 0.147 e. The molecule has 0 amide bonds. The van der Waals surface area contributed by atoms with Gasteiger partial charge in [0.1, 0.15) is 17.4 Å². The van der Waals surface area contributed by atoms with Crippen LogP contribution in [0, 0.1) is 0 Å². The number of hydrogen-bond acceptors (Lipinski definition) is 4. The Kier molecular flexibility index (Phi) is 3.99. The lowest BCUT2D eigenvalue weighted by atomic mass is 10.2. The zero-order chi connectivity index (χ0) is 13.1. The lowest BCUT2D eigenvalue weighted by molar-refractivity contribution is 0.490. The van der Waals surface area contributed by atoms with Gasteiger partial charge >= 0.3 is 0 Å². The van der Waals surface area contributed by atoms with Crippen molar-refractivity contribution in [3.63, 3.8) is 0 Å². The predicted molar refractivity (Wildman–Crippen MR) is 74.5 cm³/mol. The molecule has 4 nitrogen and oxygen atoms in total. The van der Waals surface area contributed by atoms with Crippen LogP contribution in [0.15, 0.2) is 28.9 Å². The van der Waals surface area contributed by atoms with E-state index >= 15 is 0 Å². The molecule has 0 aliphatic rings. The molecule has 2 heterocycles. The molecule has 2 rings (SSSR count). The molecule has 96 valence electrons. The summed E-state index contributed by atoms with van der Waals surface area (Å²) in [7, 11) is 1.75. The highest BCUT2D eigenvalue weighted by molar-refractivity contribution is 6.37. The van der Waals surface area contributed by atoms with Gasteiger partial charge in [0, 0.05) is 7.05 Å². The number of pyridine rings is 1. The van der Waals surface area contributed by atoms with Gasteiger partial charge in [0.2, 0.25) is 0 Å². The molecular weight excluding hydrogens is 273 g/mol. The molecule has 0 bridgehead atoms. The van der Waals surface area contributed by atoms with E-state index in [2.05, 4.69) is 15.6 Å². The van der Waals surface area contributed by atoms with Crippen LogP contribution in [0.25, 0.3) is 0 Å². The van der Waals surface area contributed by atoms with E-state index < -0.39 is 0 Å². The molecule has 0 fully saturated rings. The molecule has 2 aromatic rings. The summed E-state index contributed by atoms with van der Waals surface area (Å²) in [5.41, 5.74) is 0. The van der Waals surface area contributed by atoms with Crippen LogP contribution in [-0.4, -0.2) is 12.0 Å². The van der Waals surface area contributed by atoms with Gasteiger partial charge in [0.15, 0.2) is 0 Å². The summed E-state index contributed by atoms with van der Waals surface area (Å²) in [6.07, 6.45) is 1.63. The van der Waals surface area contributed by atoms with Crippen LogP contribution in [0.3, 0.4) is 0 Å². The number of rotatable bonds is 4. The molecule has 0 aliphatic carbocycles. The van der Waals surface area contributed by atoms with E-state index in [1.807, 2.05) is 19.1 Å². The van der Waals surface area contributed by atoms with Crippen LogP contribution < -0.4 is 10.6 Å². The average molecular weight is 286 g/mol. The highest BCUT2D eigenvalue weighted by atomic mass is 35.5. The number of halogens is 2. The standard InChI is InChI=1S/C12H13Cl2N3O/c1-7(10-4-3-5-18-10)16-12-9(14)6-8(13)11(15-2)17-12/h3-7H,1-2H3,(H2,15,16,17). The first-order valence-electron chi connectivity index (χ1n) is 5.45. The van der Waals surface area contributed by atoms with Crippen molar-refractivity contribution in [2.24, 2.45) is 0 Å². The van der Waals surface area contributed by atoms with Crippen LogP contribution in [0.5, 0.6) is 0 Å². The van der Waals surface area contributed by atoms with Crippen LogP contribution in [0.1, 0.15) is 18.7 Å². The summed E-state index contributed by atoms with van der Waals surface area (Å²) in [5, 5.41) is 7.04. The first kappa shape index (κ1) is 13.1. The van der Waals surface area contributed by atoms with Crippen molar-refractivity contribution in [3.8, 4) is 0 Å². The normalized spacial score (nSPS) is 12.2. The second-order valence-corrected chi connectivity index (χ2v) is 4.60. The number of nitrogens with zero attached hydrogens (tertiary/aromatic N) is 1. The number of furan rings is 1. The van der Waals surface area contributed by atoms with Crippen LogP contribution in [0.2, 0.25) is 10.0 Å². The molecule has 0 aliphatic heterocycles. The molecule has 0 saturated carbocycles. The third kappa shape index (κ3) is 2.71. The third-order valence-electron chi connectivity index (χ3n) is 2.49. The van der Waals surface area contributed by atoms with E-state index in [0.29, 0.717) is 21.7 Å². The van der Waals surface area contributed by atoms with Crippen molar-refractivity contribution in [2.45, 2.75) is 13.0 Å². The molecular formula is C12H13Cl2N3O. The Morgan fingerprint density at radius 3 is 2.61 bits per heavy atom. The summed E-state index contributed by atoms with van der Waals surface area (Å²) in [6.45, 7) is 1.96. The van der Waals surface area contributed by atoms with Crippen molar-refractivity contribution in [1.82, 2.24) is 4.98 Å². The maximum atomic E-state index is 6.10. The second-order valence-electron chi connectivity index (χ2n) is 3.78. The van der Waals surface area contributed by atoms with Crippen molar-refractivity contribution in [1.29, 1.82) is 0 Å². The van der Waals surface area contributed by atoms with Crippen molar-refractivity contribution in [2.75, 3.05) is 17.7 Å². The summed E-state index contributed by atoms with van der Waals surface area (Å²) >= 11 is 12.1. The molecule has 2 aromatic heterocycles. The molecule has 1 atom stereocenters. The zero-order valence-corrected chi connectivity index (χ0v) is 11.5. The average Bonchev–Trinajstić information content (AvgIpc) is 2.86. The summed E-state index contributed by atoms with van der Waals surface area (Å²) in [5.74, 6) is 1.96. The highest BCUT2D eigenvalue weighted by Gasteiger charge is 2.13. The van der Waals surface area contributed by atoms with Gasteiger partial charge in [-0.1, -0.05) is 23.2 Å². The van der Waals surface area contributed by atoms with E-state index in [1.54, 1.807) is 19.4 Å². The van der Waals surface area contributed by atoms with E-state index in [9.17, 15) is 0 Å². The number of hydrogen-bond donors (Lipinski definition) is 2. The van der Waals surface area contributed by atoms with Gasteiger partial charge in [0.25, 0.3) is 0 Å². The monoisotopic (exact) mass is 285 g/mol. The lowest BCUT2D eigenvalue weighted by Crippen LogP contribution is -2.08. The fourth-order valence-corrected chi connectivity index (χ4v) is 2.06. The molecule has 0 spiro atoms. The number of aromatic nitrogens is 1. The first-order valence-corrected chi connectivity index (χ1v) is 6.21. The van der Waals surface area contributed by atoms with Gasteiger partial charge in [-0.05, 0) is 25.1 Å². The fourth-order valence-electron chi connectivity index (χ4n) is 1.56. The molecule has 6 heteroatoms. The Morgan fingerprint density at radius 1 is 1.28 bits per heavy atom. The molecule has 0 aromatic carbocycles. The van der Waals surface area contributed by atoms with E-state index in [4.69, 9.17) is 27.6 Å². The summed E-state index contributed by atoms with van der Waals surface area (Å²) in [6, 6.07) is 5.35. The number of anilines is 2. The number of nitrogens with one attached hydrogen (secondary N) is 2. The van der Waals surface area contributed by atoms with Gasteiger partial charge < -0.3 is 15.1 Å². The Balaban J connectivity index is 2.23. The topological polar surface area (TPSA) is 50.1 Å². The molecule has 18 heavy (non-hydrogen) atoms. The molecule has 0 radical (unpaired) electrons. The highest BCUT2D eigenvalue weighted by Crippen LogP contribution is 2.31. The first-order chi connectivity index (χ1) is 8.61. The van der Waals surface area contributed by atoms with Gasteiger partial charge in [-0.3, -0.25) is 0 Å². The Morgan fingerprint density at radius 2 is 2.00 bits per heavy atom. The zero-order valence-electron chi connectivity index (χ0n) is 10.00. The lowest BCUT2D eigenvalue weighted by Gasteiger charge is -2.15. The third-order valence-corrected chi connectivity index (χ3v) is 3.07. The minimum Gasteiger partial charge on any atom is -0.467 e. The minimum absolute atomic E-state index is 0.0316. The van der Waals surface area contributed by atoms with Gasteiger partial charge in [0.05, 0.1) is 22.4 Å². The van der Waals surface area contributed by atoms with Gasteiger partial charge in [-0.2, -0.15) is 0 Å². The fraction of sp³-hybridized carbons (Fsp3) is 0.250. The van der Waals surface area contributed by atoms with Crippen molar-refractivity contribution in [3.05, 3.63) is 40.3 Å². The predicted octanol–water partition coefficient (Wildman–Crippen LogP) is 4.20. The summed E-state index contributed by atoms with van der Waals surface area (Å²) < 4.78 is 5.31. The van der Waals surface area contributed by atoms with Crippen molar-refractivity contribution >= 4 is 34.8 Å². The molecule has 0 saturated heterocycles. The van der Waals surface area contributed by atoms with Gasteiger partial charge in [-0.15, -0.1) is 0 Å².